The number of carbonyl (C=O) groups is 1. The molecule has 2 aliphatic rings. The van der Waals surface area contributed by atoms with Crippen LogP contribution in [0.3, 0.4) is 0 Å². The summed E-state index contributed by atoms with van der Waals surface area (Å²) in [5, 5.41) is 9.01. The number of carboxylic acids is 1. The van der Waals surface area contributed by atoms with Crippen LogP contribution in [0.2, 0.25) is 0 Å². The second kappa shape index (κ2) is 6.71. The third-order valence-electron chi connectivity index (χ3n) is 4.82. The van der Waals surface area contributed by atoms with E-state index in [1.165, 1.54) is 26.1 Å². The van der Waals surface area contributed by atoms with Crippen molar-refractivity contribution >= 4 is 5.97 Å². The van der Waals surface area contributed by atoms with E-state index in [0.717, 1.165) is 38.1 Å². The first-order chi connectivity index (χ1) is 9.04. The zero-order chi connectivity index (χ0) is 13.8. The van der Waals surface area contributed by atoms with Crippen molar-refractivity contribution in [2.45, 2.75) is 32.1 Å². The van der Waals surface area contributed by atoms with Crippen LogP contribution in [-0.4, -0.2) is 61.2 Å². The zero-order valence-electron chi connectivity index (χ0n) is 12.3. The average Bonchev–Trinajstić information content (AvgIpc) is 2.75. The van der Waals surface area contributed by atoms with Gasteiger partial charge in [-0.1, -0.05) is 0 Å². The van der Waals surface area contributed by atoms with Gasteiger partial charge in [-0.15, -0.1) is 0 Å². The molecule has 1 saturated heterocycles. The first kappa shape index (κ1) is 14.8. The quantitative estimate of drug-likeness (QED) is 0.825. The second-order valence-corrected chi connectivity index (χ2v) is 6.69. The highest BCUT2D eigenvalue weighted by molar-refractivity contribution is 5.69. The van der Waals surface area contributed by atoms with E-state index in [-0.39, 0.29) is 5.92 Å². The molecule has 0 aromatic carbocycles. The summed E-state index contributed by atoms with van der Waals surface area (Å²) in [5.74, 6) is 0.857. The molecule has 1 unspecified atom stereocenters. The summed E-state index contributed by atoms with van der Waals surface area (Å²) in [7, 11) is 4.43. The first-order valence-electron chi connectivity index (χ1n) is 7.64. The molecule has 0 aromatic rings. The number of aliphatic carboxylic acids is 1. The highest BCUT2D eigenvalue weighted by atomic mass is 16.4. The molecule has 4 heteroatoms. The van der Waals surface area contributed by atoms with Gasteiger partial charge in [0.25, 0.3) is 0 Å². The SMILES string of the molecule is CN1CCC(CN(C)CC2CCC(C(=O)O)CC2)C1. The van der Waals surface area contributed by atoms with E-state index in [2.05, 4.69) is 23.9 Å². The molecule has 0 aromatic heterocycles. The predicted octanol–water partition coefficient (Wildman–Crippen LogP) is 1.76. The lowest BCUT2D eigenvalue weighted by molar-refractivity contribution is -0.143. The molecule has 4 nitrogen and oxygen atoms in total. The van der Waals surface area contributed by atoms with Crippen molar-refractivity contribution in [2.24, 2.45) is 17.8 Å². The molecule has 1 heterocycles. The predicted molar refractivity (Wildman–Crippen MR) is 76.2 cm³/mol. The van der Waals surface area contributed by atoms with Gasteiger partial charge in [0.2, 0.25) is 0 Å². The summed E-state index contributed by atoms with van der Waals surface area (Å²) in [4.78, 5) is 15.8. The maximum absolute atomic E-state index is 10.9. The summed E-state index contributed by atoms with van der Waals surface area (Å²) in [6.07, 6.45) is 5.25. The van der Waals surface area contributed by atoms with E-state index in [4.69, 9.17) is 5.11 Å². The molecular formula is C15H28N2O2. The Hall–Kier alpha value is -0.610. The molecule has 110 valence electrons. The highest BCUT2D eigenvalue weighted by Gasteiger charge is 2.27. The monoisotopic (exact) mass is 268 g/mol. The first-order valence-corrected chi connectivity index (χ1v) is 7.64. The molecule has 0 spiro atoms. The van der Waals surface area contributed by atoms with Crippen LogP contribution in [0.4, 0.5) is 0 Å². The van der Waals surface area contributed by atoms with E-state index in [9.17, 15) is 4.79 Å². The van der Waals surface area contributed by atoms with Crippen molar-refractivity contribution in [1.29, 1.82) is 0 Å². The van der Waals surface area contributed by atoms with E-state index in [1.807, 2.05) is 0 Å². The fourth-order valence-corrected chi connectivity index (χ4v) is 3.72. The fourth-order valence-electron chi connectivity index (χ4n) is 3.72. The van der Waals surface area contributed by atoms with Crippen LogP contribution in [-0.2, 0) is 4.79 Å². The minimum atomic E-state index is -0.596. The lowest BCUT2D eigenvalue weighted by atomic mass is 9.82. The van der Waals surface area contributed by atoms with Gasteiger partial charge in [-0.25, -0.2) is 0 Å². The van der Waals surface area contributed by atoms with Crippen LogP contribution in [0.25, 0.3) is 0 Å². The van der Waals surface area contributed by atoms with Gasteiger partial charge in [-0.3, -0.25) is 4.79 Å². The van der Waals surface area contributed by atoms with Crippen LogP contribution < -0.4 is 0 Å². The molecule has 1 atom stereocenters. The summed E-state index contributed by atoms with van der Waals surface area (Å²) in [5.41, 5.74) is 0. The maximum Gasteiger partial charge on any atom is 0.306 e. The highest BCUT2D eigenvalue weighted by Crippen LogP contribution is 2.29. The minimum Gasteiger partial charge on any atom is -0.481 e. The molecule has 2 fully saturated rings. The molecule has 1 N–H and O–H groups in total. The van der Waals surface area contributed by atoms with Gasteiger partial charge in [-0.2, -0.15) is 0 Å². The van der Waals surface area contributed by atoms with Gasteiger partial charge in [-0.05, 0) is 64.6 Å². The standard InChI is InChI=1S/C15H28N2O2/c1-16-8-7-13(10-16)11-17(2)9-12-3-5-14(6-4-12)15(18)19/h12-14H,3-11H2,1-2H3,(H,18,19). The van der Waals surface area contributed by atoms with Crippen molar-refractivity contribution in [1.82, 2.24) is 9.80 Å². The molecular weight excluding hydrogens is 240 g/mol. The summed E-state index contributed by atoms with van der Waals surface area (Å²) >= 11 is 0. The number of carboxylic acid groups (broad SMARTS) is 1. The van der Waals surface area contributed by atoms with E-state index in [0.29, 0.717) is 5.92 Å². The third-order valence-corrected chi connectivity index (χ3v) is 4.82. The van der Waals surface area contributed by atoms with Gasteiger partial charge in [0, 0.05) is 19.6 Å². The fraction of sp³-hybridized carbons (Fsp3) is 0.933. The Kier molecular flexibility index (Phi) is 5.22. The number of likely N-dealkylation sites (tertiary alicyclic amines) is 1. The Morgan fingerprint density at radius 2 is 1.79 bits per heavy atom. The molecule has 1 aliphatic carbocycles. The molecule has 0 radical (unpaired) electrons. The van der Waals surface area contributed by atoms with Crippen molar-refractivity contribution in [3.63, 3.8) is 0 Å². The Labute approximate surface area is 116 Å². The van der Waals surface area contributed by atoms with Gasteiger partial charge in [0.15, 0.2) is 0 Å². The van der Waals surface area contributed by atoms with Crippen molar-refractivity contribution in [3.8, 4) is 0 Å². The largest absolute Gasteiger partial charge is 0.481 e. The lowest BCUT2D eigenvalue weighted by Crippen LogP contribution is -2.33. The summed E-state index contributed by atoms with van der Waals surface area (Å²) in [6, 6.07) is 0. The molecule has 1 aliphatic heterocycles. The van der Waals surface area contributed by atoms with Crippen molar-refractivity contribution in [2.75, 3.05) is 40.3 Å². The molecule has 0 amide bonds. The van der Waals surface area contributed by atoms with Gasteiger partial charge in [0.05, 0.1) is 5.92 Å². The van der Waals surface area contributed by atoms with E-state index in [1.54, 1.807) is 0 Å². The Morgan fingerprint density at radius 1 is 1.16 bits per heavy atom. The third kappa shape index (κ3) is 4.46. The van der Waals surface area contributed by atoms with Gasteiger partial charge < -0.3 is 14.9 Å². The van der Waals surface area contributed by atoms with Crippen LogP contribution in [0.5, 0.6) is 0 Å². The van der Waals surface area contributed by atoms with Crippen molar-refractivity contribution in [3.05, 3.63) is 0 Å². The molecule has 1 saturated carbocycles. The number of hydrogen-bond acceptors (Lipinski definition) is 3. The Balaban J connectivity index is 1.66. The summed E-state index contributed by atoms with van der Waals surface area (Å²) < 4.78 is 0. The molecule has 19 heavy (non-hydrogen) atoms. The normalized spacial score (nSPS) is 32.9. The van der Waals surface area contributed by atoms with Crippen LogP contribution in [0, 0.1) is 17.8 Å². The number of rotatable bonds is 5. The second-order valence-electron chi connectivity index (χ2n) is 6.69. The van der Waals surface area contributed by atoms with Crippen LogP contribution in [0.1, 0.15) is 32.1 Å². The summed E-state index contributed by atoms with van der Waals surface area (Å²) in [6.45, 7) is 4.81. The number of hydrogen-bond donors (Lipinski definition) is 1. The molecule has 0 bridgehead atoms. The average molecular weight is 268 g/mol. The van der Waals surface area contributed by atoms with Crippen molar-refractivity contribution < 1.29 is 9.90 Å². The maximum atomic E-state index is 10.9. The van der Waals surface area contributed by atoms with Crippen LogP contribution >= 0.6 is 0 Å². The van der Waals surface area contributed by atoms with Gasteiger partial charge >= 0.3 is 5.97 Å². The number of nitrogens with zero attached hydrogens (tertiary/aromatic N) is 2. The Bertz CT molecular complexity index is 301. The lowest BCUT2D eigenvalue weighted by Gasteiger charge is -2.30. The topological polar surface area (TPSA) is 43.8 Å². The smallest absolute Gasteiger partial charge is 0.306 e. The zero-order valence-corrected chi connectivity index (χ0v) is 12.3. The minimum absolute atomic E-state index is 0.0787. The molecule has 2 rings (SSSR count). The van der Waals surface area contributed by atoms with E-state index >= 15 is 0 Å². The van der Waals surface area contributed by atoms with Crippen LogP contribution in [0.15, 0.2) is 0 Å². The van der Waals surface area contributed by atoms with E-state index < -0.39 is 5.97 Å². The Morgan fingerprint density at radius 3 is 2.32 bits per heavy atom. The van der Waals surface area contributed by atoms with Gasteiger partial charge in [0.1, 0.15) is 0 Å².